The number of hydrogen-bond acceptors (Lipinski definition) is 6. The predicted molar refractivity (Wildman–Crippen MR) is 87.5 cm³/mol. The summed E-state index contributed by atoms with van der Waals surface area (Å²) in [4.78, 5) is 11.7. The van der Waals surface area contributed by atoms with Gasteiger partial charge >= 0.3 is 0 Å². The molecule has 1 aromatic heterocycles. The number of aromatic nitrogens is 2. The second-order valence-corrected chi connectivity index (χ2v) is 9.12. The molecule has 0 saturated carbocycles. The van der Waals surface area contributed by atoms with Crippen LogP contribution in [0.3, 0.4) is 0 Å². The molecule has 119 valence electrons. The summed E-state index contributed by atoms with van der Waals surface area (Å²) in [6.07, 6.45) is 2.94. The largest absolute Gasteiger partial charge is 0.389 e. The Kier molecular flexibility index (Phi) is 3.79. The fourth-order valence-electron chi connectivity index (χ4n) is 3.45. The molecule has 0 unspecified atom stereocenters. The average Bonchev–Trinajstić information content (AvgIpc) is 2.87. The van der Waals surface area contributed by atoms with Crippen molar-refractivity contribution in [3.05, 3.63) is 5.69 Å². The molecule has 0 spiro atoms. The normalized spacial score (nSPS) is 23.5. The van der Waals surface area contributed by atoms with Crippen LogP contribution in [0.15, 0.2) is 0 Å². The first-order chi connectivity index (χ1) is 10.7. The fourth-order valence-corrected chi connectivity index (χ4v) is 5.52. The van der Waals surface area contributed by atoms with E-state index in [0.717, 1.165) is 44.2 Å². The standard InChI is InChI=1S/C15H23N4O2Si/c1-22-7-4-12-13(22)14(16-10-2-5-21-6-3-10)18-15(17-12)19-8-11(20)9-19/h10-11,20H,2-9H2,1H3,(H,16,17,18). The second-order valence-electron chi connectivity index (χ2n) is 6.56. The molecular weight excluding hydrogens is 296 g/mol. The Labute approximate surface area is 132 Å². The second kappa shape index (κ2) is 5.79. The summed E-state index contributed by atoms with van der Waals surface area (Å²) in [6.45, 7) is 5.33. The van der Waals surface area contributed by atoms with Gasteiger partial charge in [-0.05, 0) is 25.3 Å². The monoisotopic (exact) mass is 319 g/mol. The first-order valence-corrected chi connectivity index (χ1v) is 10.4. The maximum atomic E-state index is 9.52. The predicted octanol–water partition coefficient (Wildman–Crippen LogP) is 0.136. The molecule has 0 amide bonds. The van der Waals surface area contributed by atoms with Crippen LogP contribution in [0.1, 0.15) is 18.5 Å². The van der Waals surface area contributed by atoms with E-state index in [1.54, 1.807) is 0 Å². The molecule has 0 aromatic carbocycles. The van der Waals surface area contributed by atoms with Crippen molar-refractivity contribution in [2.24, 2.45) is 0 Å². The van der Waals surface area contributed by atoms with Crippen LogP contribution in [-0.2, 0) is 11.2 Å². The highest BCUT2D eigenvalue weighted by Gasteiger charge is 2.32. The van der Waals surface area contributed by atoms with E-state index in [9.17, 15) is 5.11 Å². The third-order valence-corrected chi connectivity index (χ3v) is 7.22. The van der Waals surface area contributed by atoms with Gasteiger partial charge in [0.05, 0.1) is 14.9 Å². The molecule has 4 rings (SSSR count). The van der Waals surface area contributed by atoms with E-state index < -0.39 is 8.80 Å². The number of fused-ring (bicyclic) bond motifs is 1. The number of ether oxygens (including phenoxy) is 1. The van der Waals surface area contributed by atoms with Crippen LogP contribution < -0.4 is 15.4 Å². The molecule has 3 aliphatic rings. The number of nitrogens with zero attached hydrogens (tertiary/aromatic N) is 3. The Morgan fingerprint density at radius 2 is 2.05 bits per heavy atom. The molecule has 22 heavy (non-hydrogen) atoms. The van der Waals surface area contributed by atoms with Crippen LogP contribution in [-0.4, -0.2) is 62.3 Å². The van der Waals surface area contributed by atoms with Crippen molar-refractivity contribution in [3.63, 3.8) is 0 Å². The Bertz CT molecular complexity index is 559. The summed E-state index contributed by atoms with van der Waals surface area (Å²) in [5.74, 6) is 1.84. The van der Waals surface area contributed by atoms with E-state index in [-0.39, 0.29) is 6.10 Å². The van der Waals surface area contributed by atoms with Gasteiger partial charge in [-0.2, -0.15) is 4.98 Å². The third-order valence-electron chi connectivity index (χ3n) is 4.84. The Morgan fingerprint density at radius 1 is 1.27 bits per heavy atom. The molecular formula is C15H23N4O2Si. The smallest absolute Gasteiger partial charge is 0.227 e. The van der Waals surface area contributed by atoms with E-state index in [1.165, 1.54) is 16.9 Å². The highest BCUT2D eigenvalue weighted by atomic mass is 28.3. The molecule has 7 heteroatoms. The number of aliphatic hydroxyl groups excluding tert-OH is 1. The minimum absolute atomic E-state index is 0.227. The lowest BCUT2D eigenvalue weighted by Crippen LogP contribution is -2.52. The van der Waals surface area contributed by atoms with Crippen molar-refractivity contribution < 1.29 is 9.84 Å². The zero-order valence-corrected chi connectivity index (χ0v) is 14.0. The molecule has 0 atom stereocenters. The van der Waals surface area contributed by atoms with E-state index in [1.807, 2.05) is 0 Å². The van der Waals surface area contributed by atoms with Crippen molar-refractivity contribution >= 4 is 25.7 Å². The van der Waals surface area contributed by atoms with Gasteiger partial charge in [-0.25, -0.2) is 4.98 Å². The lowest BCUT2D eigenvalue weighted by atomic mass is 10.1. The Balaban J connectivity index is 1.62. The average molecular weight is 319 g/mol. The van der Waals surface area contributed by atoms with Crippen molar-refractivity contribution in [2.45, 2.75) is 44.0 Å². The van der Waals surface area contributed by atoms with Gasteiger partial charge < -0.3 is 20.1 Å². The maximum absolute atomic E-state index is 9.52. The molecule has 1 radical (unpaired) electrons. The fraction of sp³-hybridized carbons (Fsp3) is 0.733. The van der Waals surface area contributed by atoms with E-state index in [2.05, 4.69) is 16.8 Å². The Morgan fingerprint density at radius 3 is 2.77 bits per heavy atom. The minimum atomic E-state index is -0.521. The van der Waals surface area contributed by atoms with Gasteiger partial charge in [0, 0.05) is 43.2 Å². The van der Waals surface area contributed by atoms with Crippen molar-refractivity contribution in [1.82, 2.24) is 9.97 Å². The summed E-state index contributed by atoms with van der Waals surface area (Å²) < 4.78 is 5.45. The lowest BCUT2D eigenvalue weighted by molar-refractivity contribution is 0.0904. The van der Waals surface area contributed by atoms with Gasteiger partial charge in [0.25, 0.3) is 0 Å². The van der Waals surface area contributed by atoms with E-state index >= 15 is 0 Å². The number of aryl methyl sites for hydroxylation is 1. The van der Waals surface area contributed by atoms with Crippen LogP contribution in [0, 0.1) is 0 Å². The summed E-state index contributed by atoms with van der Waals surface area (Å²) in [5, 5.41) is 14.6. The van der Waals surface area contributed by atoms with Crippen molar-refractivity contribution in [3.8, 4) is 0 Å². The highest BCUT2D eigenvalue weighted by molar-refractivity contribution is 6.75. The summed E-state index contributed by atoms with van der Waals surface area (Å²) in [7, 11) is -0.521. The molecule has 4 heterocycles. The molecule has 1 aromatic rings. The topological polar surface area (TPSA) is 70.5 Å². The molecule has 2 N–H and O–H groups in total. The summed E-state index contributed by atoms with van der Waals surface area (Å²) in [6, 6.07) is 1.71. The quantitative estimate of drug-likeness (QED) is 0.772. The van der Waals surface area contributed by atoms with Crippen LogP contribution in [0.5, 0.6) is 0 Å². The number of β-amino-alcohol motifs (C(OH)–C–C–N with tert-alkyl or cyclic N) is 1. The van der Waals surface area contributed by atoms with Gasteiger partial charge in [0.1, 0.15) is 5.82 Å². The third kappa shape index (κ3) is 2.61. The maximum Gasteiger partial charge on any atom is 0.227 e. The molecule has 0 bridgehead atoms. The van der Waals surface area contributed by atoms with Gasteiger partial charge in [0.2, 0.25) is 5.95 Å². The van der Waals surface area contributed by atoms with Gasteiger partial charge in [0.15, 0.2) is 0 Å². The number of rotatable bonds is 3. The van der Waals surface area contributed by atoms with Crippen molar-refractivity contribution in [2.75, 3.05) is 36.5 Å². The zero-order valence-electron chi connectivity index (χ0n) is 13.0. The molecule has 0 aliphatic carbocycles. The van der Waals surface area contributed by atoms with Gasteiger partial charge in [-0.15, -0.1) is 0 Å². The van der Waals surface area contributed by atoms with Gasteiger partial charge in [-0.3, -0.25) is 0 Å². The first kappa shape index (κ1) is 14.4. The van der Waals surface area contributed by atoms with Gasteiger partial charge in [-0.1, -0.05) is 6.55 Å². The molecule has 6 nitrogen and oxygen atoms in total. The van der Waals surface area contributed by atoms with E-state index in [4.69, 9.17) is 14.7 Å². The zero-order chi connectivity index (χ0) is 15.1. The van der Waals surface area contributed by atoms with Crippen LogP contribution in [0.2, 0.25) is 12.6 Å². The first-order valence-electron chi connectivity index (χ1n) is 8.21. The number of anilines is 2. The summed E-state index contributed by atoms with van der Waals surface area (Å²) in [5.41, 5.74) is 1.23. The molecule has 2 saturated heterocycles. The number of aliphatic hydroxyl groups is 1. The minimum Gasteiger partial charge on any atom is -0.389 e. The van der Waals surface area contributed by atoms with Crippen molar-refractivity contribution in [1.29, 1.82) is 0 Å². The molecule has 2 fully saturated rings. The SMILES string of the molecule is C[Si]1CCc2nc(N3CC(O)C3)nc(NC3CCOCC3)c21. The van der Waals surface area contributed by atoms with Crippen LogP contribution in [0.4, 0.5) is 11.8 Å². The number of hydrogen-bond donors (Lipinski definition) is 2. The van der Waals surface area contributed by atoms with Crippen LogP contribution >= 0.6 is 0 Å². The highest BCUT2D eigenvalue weighted by Crippen LogP contribution is 2.24. The Hall–Kier alpha value is -1.18. The molecule has 3 aliphatic heterocycles. The lowest BCUT2D eigenvalue weighted by Gasteiger charge is -2.36. The number of nitrogens with one attached hydrogen (secondary N) is 1. The van der Waals surface area contributed by atoms with Crippen LogP contribution in [0.25, 0.3) is 0 Å². The summed E-state index contributed by atoms with van der Waals surface area (Å²) >= 11 is 0. The van der Waals surface area contributed by atoms with E-state index in [0.29, 0.717) is 19.1 Å².